The average Bonchev–Trinajstić information content (AvgIpc) is 2.46. The Balaban J connectivity index is 1.84. The van der Waals surface area contributed by atoms with Crippen LogP contribution in [0, 0.1) is 5.92 Å². The zero-order valence-corrected chi connectivity index (χ0v) is 12.8. The molecular weight excluding hydrogens is 252 g/mol. The van der Waals surface area contributed by atoms with Crippen LogP contribution in [0.25, 0.3) is 0 Å². The Bertz CT molecular complexity index is 387. The summed E-state index contributed by atoms with van der Waals surface area (Å²) >= 11 is 0. The van der Waals surface area contributed by atoms with Crippen LogP contribution < -0.4 is 10.2 Å². The monoisotopic (exact) mass is 278 g/mol. The zero-order chi connectivity index (χ0) is 14.4. The van der Waals surface area contributed by atoms with Crippen molar-refractivity contribution in [1.29, 1.82) is 0 Å². The minimum Gasteiger partial charge on any atom is -0.381 e. The lowest BCUT2D eigenvalue weighted by Crippen LogP contribution is -2.31. The number of anilines is 1. The molecule has 0 spiro atoms. The molecule has 112 valence electrons. The standard InChI is InChI=1S/C15H26N4O/c1-12(2)16-7-14-8-18-15(9-17-14)19(3)10-13-5-4-6-20-11-13/h8-9,12-13,16H,4-7,10-11H2,1-3H3. The third-order valence-electron chi connectivity index (χ3n) is 3.56. The number of rotatable bonds is 6. The van der Waals surface area contributed by atoms with Crippen LogP contribution in [0.1, 0.15) is 32.4 Å². The van der Waals surface area contributed by atoms with Gasteiger partial charge in [0.05, 0.1) is 24.7 Å². The average molecular weight is 278 g/mol. The molecule has 20 heavy (non-hydrogen) atoms. The van der Waals surface area contributed by atoms with Crippen molar-refractivity contribution in [3.05, 3.63) is 18.1 Å². The normalized spacial score (nSPS) is 19.3. The Labute approximate surface area is 121 Å². The fourth-order valence-electron chi connectivity index (χ4n) is 2.38. The van der Waals surface area contributed by atoms with Crippen molar-refractivity contribution >= 4 is 5.82 Å². The molecule has 1 fully saturated rings. The third-order valence-corrected chi connectivity index (χ3v) is 3.56. The van der Waals surface area contributed by atoms with E-state index in [1.807, 2.05) is 12.4 Å². The van der Waals surface area contributed by atoms with Gasteiger partial charge in [0, 0.05) is 32.8 Å². The summed E-state index contributed by atoms with van der Waals surface area (Å²) in [7, 11) is 2.07. The Hall–Kier alpha value is -1.20. The van der Waals surface area contributed by atoms with Gasteiger partial charge in [-0.2, -0.15) is 0 Å². The molecule has 5 heteroatoms. The summed E-state index contributed by atoms with van der Waals surface area (Å²) in [6.07, 6.45) is 6.14. The van der Waals surface area contributed by atoms with E-state index in [0.717, 1.165) is 37.8 Å². The first-order chi connectivity index (χ1) is 9.65. The highest BCUT2D eigenvalue weighted by Gasteiger charge is 2.16. The Morgan fingerprint density at radius 1 is 1.40 bits per heavy atom. The largest absolute Gasteiger partial charge is 0.381 e. The van der Waals surface area contributed by atoms with E-state index < -0.39 is 0 Å². The number of ether oxygens (including phenoxy) is 1. The van der Waals surface area contributed by atoms with Crippen molar-refractivity contribution in [1.82, 2.24) is 15.3 Å². The van der Waals surface area contributed by atoms with Crippen molar-refractivity contribution in [3.8, 4) is 0 Å². The summed E-state index contributed by atoms with van der Waals surface area (Å²) in [5.74, 6) is 1.54. The number of nitrogens with zero attached hydrogens (tertiary/aromatic N) is 3. The molecule has 1 aliphatic heterocycles. The van der Waals surface area contributed by atoms with Crippen molar-refractivity contribution in [2.45, 2.75) is 39.3 Å². The molecule has 1 saturated heterocycles. The highest BCUT2D eigenvalue weighted by Crippen LogP contribution is 2.17. The second kappa shape index (κ2) is 7.55. The quantitative estimate of drug-likeness (QED) is 0.860. The Kier molecular flexibility index (Phi) is 5.73. The summed E-state index contributed by atoms with van der Waals surface area (Å²) < 4.78 is 5.52. The van der Waals surface area contributed by atoms with E-state index in [2.05, 4.69) is 41.1 Å². The molecule has 1 atom stereocenters. The van der Waals surface area contributed by atoms with Gasteiger partial charge in [0.25, 0.3) is 0 Å². The Morgan fingerprint density at radius 3 is 2.85 bits per heavy atom. The molecule has 0 amide bonds. The predicted octanol–water partition coefficient (Wildman–Crippen LogP) is 1.84. The molecule has 0 saturated carbocycles. The van der Waals surface area contributed by atoms with Crippen LogP contribution >= 0.6 is 0 Å². The second-order valence-corrected chi connectivity index (χ2v) is 5.87. The topological polar surface area (TPSA) is 50.3 Å². The number of nitrogens with one attached hydrogen (secondary N) is 1. The van der Waals surface area contributed by atoms with E-state index >= 15 is 0 Å². The van der Waals surface area contributed by atoms with E-state index in [4.69, 9.17) is 4.74 Å². The molecule has 0 aromatic carbocycles. The summed E-state index contributed by atoms with van der Waals surface area (Å²) in [6.45, 7) is 7.79. The zero-order valence-electron chi connectivity index (χ0n) is 12.8. The lowest BCUT2D eigenvalue weighted by atomic mass is 10.0. The maximum absolute atomic E-state index is 5.52. The van der Waals surface area contributed by atoms with Crippen LogP contribution in [0.2, 0.25) is 0 Å². The molecule has 1 aromatic rings. The van der Waals surface area contributed by atoms with E-state index in [1.165, 1.54) is 12.8 Å². The minimum absolute atomic E-state index is 0.463. The summed E-state index contributed by atoms with van der Waals surface area (Å²) in [5, 5.41) is 3.34. The predicted molar refractivity (Wildman–Crippen MR) is 80.8 cm³/mol. The maximum Gasteiger partial charge on any atom is 0.146 e. The SMILES string of the molecule is CC(C)NCc1cnc(N(C)CC2CCCOC2)cn1. The molecule has 1 N–H and O–H groups in total. The molecule has 1 unspecified atom stereocenters. The van der Waals surface area contributed by atoms with E-state index in [9.17, 15) is 0 Å². The van der Waals surface area contributed by atoms with Crippen molar-refractivity contribution in [2.75, 3.05) is 31.7 Å². The van der Waals surface area contributed by atoms with Gasteiger partial charge in [-0.3, -0.25) is 4.98 Å². The lowest BCUT2D eigenvalue weighted by molar-refractivity contribution is 0.0576. The van der Waals surface area contributed by atoms with Crippen LogP contribution in [0.3, 0.4) is 0 Å². The van der Waals surface area contributed by atoms with Crippen LogP contribution in [0.15, 0.2) is 12.4 Å². The minimum atomic E-state index is 0.463. The van der Waals surface area contributed by atoms with Gasteiger partial charge in [-0.1, -0.05) is 13.8 Å². The maximum atomic E-state index is 5.52. The van der Waals surface area contributed by atoms with Crippen molar-refractivity contribution in [2.24, 2.45) is 5.92 Å². The van der Waals surface area contributed by atoms with Gasteiger partial charge in [0.15, 0.2) is 0 Å². The van der Waals surface area contributed by atoms with Gasteiger partial charge in [0.1, 0.15) is 5.82 Å². The fraction of sp³-hybridized carbons (Fsp3) is 0.733. The van der Waals surface area contributed by atoms with Gasteiger partial charge in [-0.25, -0.2) is 4.98 Å². The molecule has 0 aliphatic carbocycles. The smallest absolute Gasteiger partial charge is 0.146 e. The van der Waals surface area contributed by atoms with Gasteiger partial charge >= 0.3 is 0 Å². The highest BCUT2D eigenvalue weighted by molar-refractivity contribution is 5.34. The van der Waals surface area contributed by atoms with E-state index in [-0.39, 0.29) is 0 Å². The van der Waals surface area contributed by atoms with Crippen molar-refractivity contribution in [3.63, 3.8) is 0 Å². The van der Waals surface area contributed by atoms with Gasteiger partial charge in [0.2, 0.25) is 0 Å². The Morgan fingerprint density at radius 2 is 2.25 bits per heavy atom. The lowest BCUT2D eigenvalue weighted by Gasteiger charge is -2.27. The molecule has 2 heterocycles. The van der Waals surface area contributed by atoms with E-state index in [1.54, 1.807) is 0 Å². The first kappa shape index (κ1) is 15.2. The molecule has 1 aliphatic rings. The third kappa shape index (κ3) is 4.72. The molecule has 1 aromatic heterocycles. The first-order valence-electron chi connectivity index (χ1n) is 7.48. The second-order valence-electron chi connectivity index (χ2n) is 5.87. The molecule has 5 nitrogen and oxygen atoms in total. The fourth-order valence-corrected chi connectivity index (χ4v) is 2.38. The molecule has 0 bridgehead atoms. The van der Waals surface area contributed by atoms with Crippen LogP contribution in [-0.2, 0) is 11.3 Å². The number of aromatic nitrogens is 2. The van der Waals surface area contributed by atoms with Gasteiger partial charge < -0.3 is 15.0 Å². The summed E-state index contributed by atoms with van der Waals surface area (Å²) in [5.41, 5.74) is 0.983. The molecule has 2 rings (SSSR count). The summed E-state index contributed by atoms with van der Waals surface area (Å²) in [6, 6.07) is 0.463. The molecular formula is C15H26N4O. The van der Waals surface area contributed by atoms with Crippen molar-refractivity contribution < 1.29 is 4.74 Å². The number of hydrogen-bond donors (Lipinski definition) is 1. The van der Waals surface area contributed by atoms with Gasteiger partial charge in [-0.15, -0.1) is 0 Å². The summed E-state index contributed by atoms with van der Waals surface area (Å²) in [4.78, 5) is 11.1. The van der Waals surface area contributed by atoms with Crippen LogP contribution in [0.5, 0.6) is 0 Å². The highest BCUT2D eigenvalue weighted by atomic mass is 16.5. The first-order valence-corrected chi connectivity index (χ1v) is 7.48. The van der Waals surface area contributed by atoms with Crippen LogP contribution in [0.4, 0.5) is 5.82 Å². The number of hydrogen-bond acceptors (Lipinski definition) is 5. The molecule has 0 radical (unpaired) electrons. The van der Waals surface area contributed by atoms with Gasteiger partial charge in [-0.05, 0) is 18.8 Å². The van der Waals surface area contributed by atoms with Crippen LogP contribution in [-0.4, -0.2) is 42.8 Å². The van der Waals surface area contributed by atoms with E-state index in [0.29, 0.717) is 12.0 Å².